The Labute approximate surface area is 127 Å². The van der Waals surface area contributed by atoms with Gasteiger partial charge in [-0.15, -0.1) is 0 Å². The maximum atomic E-state index is 5.98. The van der Waals surface area contributed by atoms with E-state index in [1.807, 2.05) is 0 Å². The number of aryl methyl sites for hydroxylation is 1. The maximum Gasteiger partial charge on any atom is 0.161 e. The van der Waals surface area contributed by atoms with Gasteiger partial charge in [-0.2, -0.15) is 0 Å². The van der Waals surface area contributed by atoms with Crippen LogP contribution in [0, 0.1) is 3.57 Å². The predicted octanol–water partition coefficient (Wildman–Crippen LogP) is 1.76. The number of hydrogen-bond donors (Lipinski definition) is 1. The van der Waals surface area contributed by atoms with E-state index in [2.05, 4.69) is 44.4 Å². The Balaban J connectivity index is 1.84. The van der Waals surface area contributed by atoms with Crippen LogP contribution < -0.4 is 5.73 Å². The summed E-state index contributed by atoms with van der Waals surface area (Å²) in [6.45, 7) is 4.95. The minimum atomic E-state index is -0.0288. The van der Waals surface area contributed by atoms with E-state index >= 15 is 0 Å². The zero-order valence-corrected chi connectivity index (χ0v) is 13.3. The van der Waals surface area contributed by atoms with E-state index in [0.29, 0.717) is 11.9 Å². The number of rotatable bonds is 2. The summed E-state index contributed by atoms with van der Waals surface area (Å²) in [6.07, 6.45) is 3.37. The van der Waals surface area contributed by atoms with E-state index < -0.39 is 0 Å². The number of nitrogen functional groups attached to an aromatic ring is 1. The summed E-state index contributed by atoms with van der Waals surface area (Å²) in [5.74, 6) is 1.33. The van der Waals surface area contributed by atoms with Crippen LogP contribution in [0.15, 0.2) is 0 Å². The second kappa shape index (κ2) is 5.49. The van der Waals surface area contributed by atoms with Crippen LogP contribution in [0.4, 0.5) is 5.82 Å². The molecule has 0 amide bonds. The summed E-state index contributed by atoms with van der Waals surface area (Å²) in [5.41, 5.74) is 7.01. The lowest BCUT2D eigenvalue weighted by atomic mass is 10.1. The van der Waals surface area contributed by atoms with Crippen molar-refractivity contribution in [2.75, 3.05) is 25.4 Å². The number of halogens is 1. The van der Waals surface area contributed by atoms with Gasteiger partial charge in [-0.05, 0) is 48.4 Å². The summed E-state index contributed by atoms with van der Waals surface area (Å²) in [5, 5.41) is 0. The average molecular weight is 374 g/mol. The third-order valence-corrected chi connectivity index (χ3v) is 5.15. The van der Waals surface area contributed by atoms with Gasteiger partial charge >= 0.3 is 0 Å². The predicted molar refractivity (Wildman–Crippen MR) is 81.8 cm³/mol. The Kier molecular flexibility index (Phi) is 3.91. The Hall–Kier alpha value is -0.470. The van der Waals surface area contributed by atoms with Crippen molar-refractivity contribution in [3.05, 3.63) is 15.1 Å². The maximum absolute atomic E-state index is 5.98. The third-order valence-electron chi connectivity index (χ3n) is 3.97. The van der Waals surface area contributed by atoms with Crippen LogP contribution in [-0.4, -0.2) is 40.6 Å². The molecule has 0 aromatic carbocycles. The van der Waals surface area contributed by atoms with Gasteiger partial charge in [-0.1, -0.05) is 6.92 Å². The molecule has 2 saturated heterocycles. The fourth-order valence-corrected chi connectivity index (χ4v) is 3.51. The largest absolute Gasteiger partial charge is 0.383 e. The Morgan fingerprint density at radius 3 is 3.11 bits per heavy atom. The number of morpholine rings is 1. The van der Waals surface area contributed by atoms with Crippen molar-refractivity contribution in [3.8, 4) is 0 Å². The Morgan fingerprint density at radius 1 is 1.47 bits per heavy atom. The highest BCUT2D eigenvalue weighted by Gasteiger charge is 2.34. The van der Waals surface area contributed by atoms with E-state index in [0.717, 1.165) is 34.7 Å². The van der Waals surface area contributed by atoms with Crippen LogP contribution in [-0.2, 0) is 11.2 Å². The lowest BCUT2D eigenvalue weighted by Gasteiger charge is -2.34. The molecule has 2 unspecified atom stereocenters. The smallest absolute Gasteiger partial charge is 0.161 e. The van der Waals surface area contributed by atoms with E-state index in [4.69, 9.17) is 10.5 Å². The molecule has 3 heterocycles. The molecule has 0 spiro atoms. The van der Waals surface area contributed by atoms with Crippen LogP contribution in [0.1, 0.15) is 37.4 Å². The van der Waals surface area contributed by atoms with Gasteiger partial charge in [0.25, 0.3) is 0 Å². The first kappa shape index (κ1) is 13.5. The van der Waals surface area contributed by atoms with Crippen molar-refractivity contribution >= 4 is 28.4 Å². The minimum Gasteiger partial charge on any atom is -0.383 e. The van der Waals surface area contributed by atoms with E-state index in [1.54, 1.807) is 0 Å². The SMILES string of the molecule is CCc1nc(C2CN3CCCC3CO2)nc(N)c1I. The summed E-state index contributed by atoms with van der Waals surface area (Å²) < 4.78 is 6.92. The number of hydrogen-bond acceptors (Lipinski definition) is 5. The van der Waals surface area contributed by atoms with Crippen molar-refractivity contribution in [3.63, 3.8) is 0 Å². The first-order valence-electron chi connectivity index (χ1n) is 6.86. The molecule has 1 aromatic rings. The molecule has 2 fully saturated rings. The molecule has 0 radical (unpaired) electrons. The van der Waals surface area contributed by atoms with Gasteiger partial charge in [0.1, 0.15) is 11.9 Å². The minimum absolute atomic E-state index is 0.0288. The van der Waals surface area contributed by atoms with Crippen LogP contribution in [0.25, 0.3) is 0 Å². The lowest BCUT2D eigenvalue weighted by Crippen LogP contribution is -2.43. The summed E-state index contributed by atoms with van der Waals surface area (Å²) >= 11 is 2.22. The normalized spacial score (nSPS) is 27.5. The number of ether oxygens (including phenoxy) is 1. The van der Waals surface area contributed by atoms with Crippen LogP contribution >= 0.6 is 22.6 Å². The molecular formula is C13H19IN4O. The van der Waals surface area contributed by atoms with E-state index in [-0.39, 0.29) is 6.10 Å². The van der Waals surface area contributed by atoms with Crippen molar-refractivity contribution < 1.29 is 4.74 Å². The van der Waals surface area contributed by atoms with Gasteiger partial charge < -0.3 is 10.5 Å². The topological polar surface area (TPSA) is 64.3 Å². The molecule has 0 bridgehead atoms. The average Bonchev–Trinajstić information content (AvgIpc) is 2.89. The first-order chi connectivity index (χ1) is 9.19. The number of anilines is 1. The molecule has 104 valence electrons. The molecule has 2 atom stereocenters. The standard InChI is InChI=1S/C13H19IN4O/c1-2-9-11(14)12(15)17-13(16-9)10-6-18-5-3-4-8(18)7-19-10/h8,10H,2-7H2,1H3,(H2,15,16,17). The molecule has 3 rings (SSSR count). The monoisotopic (exact) mass is 374 g/mol. The van der Waals surface area contributed by atoms with Gasteiger partial charge in [0.2, 0.25) is 0 Å². The van der Waals surface area contributed by atoms with Gasteiger partial charge in [0, 0.05) is 12.6 Å². The summed E-state index contributed by atoms with van der Waals surface area (Å²) in [4.78, 5) is 11.6. The molecule has 2 aliphatic heterocycles. The van der Waals surface area contributed by atoms with Crippen molar-refractivity contribution in [2.24, 2.45) is 0 Å². The molecule has 5 nitrogen and oxygen atoms in total. The van der Waals surface area contributed by atoms with Gasteiger partial charge in [-0.3, -0.25) is 4.90 Å². The Morgan fingerprint density at radius 2 is 2.32 bits per heavy atom. The zero-order chi connectivity index (χ0) is 13.4. The summed E-state index contributed by atoms with van der Waals surface area (Å²) in [7, 11) is 0. The molecule has 2 N–H and O–H groups in total. The Bertz CT molecular complexity index is 482. The van der Waals surface area contributed by atoms with Crippen molar-refractivity contribution in [2.45, 2.75) is 38.3 Å². The number of nitrogens with zero attached hydrogens (tertiary/aromatic N) is 3. The fraction of sp³-hybridized carbons (Fsp3) is 0.692. The lowest BCUT2D eigenvalue weighted by molar-refractivity contribution is -0.0541. The van der Waals surface area contributed by atoms with E-state index in [9.17, 15) is 0 Å². The molecule has 6 heteroatoms. The third kappa shape index (κ3) is 2.57. The van der Waals surface area contributed by atoms with Crippen molar-refractivity contribution in [1.82, 2.24) is 14.9 Å². The molecule has 1 aromatic heterocycles. The van der Waals surface area contributed by atoms with Crippen molar-refractivity contribution in [1.29, 1.82) is 0 Å². The number of aromatic nitrogens is 2. The second-order valence-corrected chi connectivity index (χ2v) is 6.27. The first-order valence-corrected chi connectivity index (χ1v) is 7.94. The molecule has 19 heavy (non-hydrogen) atoms. The highest BCUT2D eigenvalue weighted by atomic mass is 127. The second-order valence-electron chi connectivity index (χ2n) is 5.19. The van der Waals surface area contributed by atoms with Gasteiger partial charge in [-0.25, -0.2) is 9.97 Å². The highest BCUT2D eigenvalue weighted by molar-refractivity contribution is 14.1. The molecular weight excluding hydrogens is 355 g/mol. The summed E-state index contributed by atoms with van der Waals surface area (Å²) in [6, 6.07) is 0.600. The van der Waals surface area contributed by atoms with Crippen LogP contribution in [0.2, 0.25) is 0 Å². The fourth-order valence-electron chi connectivity index (χ4n) is 2.88. The molecule has 2 aliphatic rings. The van der Waals surface area contributed by atoms with E-state index in [1.165, 1.54) is 19.4 Å². The highest BCUT2D eigenvalue weighted by Crippen LogP contribution is 2.29. The number of nitrogens with two attached hydrogens (primary N) is 1. The zero-order valence-electron chi connectivity index (χ0n) is 11.1. The van der Waals surface area contributed by atoms with Gasteiger partial charge in [0.15, 0.2) is 5.82 Å². The van der Waals surface area contributed by atoms with Crippen LogP contribution in [0.3, 0.4) is 0 Å². The quantitative estimate of drug-likeness (QED) is 0.800. The molecule has 0 aliphatic carbocycles. The van der Waals surface area contributed by atoms with Crippen LogP contribution in [0.5, 0.6) is 0 Å². The number of fused-ring (bicyclic) bond motifs is 1. The van der Waals surface area contributed by atoms with Gasteiger partial charge in [0.05, 0.1) is 15.9 Å². The molecule has 0 saturated carbocycles.